The van der Waals surface area contributed by atoms with Crippen molar-refractivity contribution >= 4 is 5.97 Å². The molecule has 0 spiro atoms. The fourth-order valence-electron chi connectivity index (χ4n) is 1.32. The molecule has 6 heteroatoms. The van der Waals surface area contributed by atoms with Gasteiger partial charge in [0, 0.05) is 25.9 Å². The Labute approximate surface area is 107 Å². The molecule has 1 rings (SSSR count). The summed E-state index contributed by atoms with van der Waals surface area (Å²) in [6.07, 6.45) is 3.20. The van der Waals surface area contributed by atoms with Crippen molar-refractivity contribution in [1.82, 2.24) is 9.55 Å². The molecule has 6 nitrogen and oxygen atoms in total. The number of rotatable bonds is 8. The molecule has 1 aromatic rings. The summed E-state index contributed by atoms with van der Waals surface area (Å²) < 4.78 is 12.1. The molecule has 0 aliphatic rings. The second kappa shape index (κ2) is 7.84. The Kier molecular flexibility index (Phi) is 6.38. The molecule has 0 amide bonds. The number of nitrogens with two attached hydrogens (primary N) is 1. The van der Waals surface area contributed by atoms with Crippen LogP contribution in [0.3, 0.4) is 0 Å². The molecule has 0 atom stereocenters. The highest BCUT2D eigenvalue weighted by molar-refractivity contribution is 5.86. The van der Waals surface area contributed by atoms with Crippen molar-refractivity contribution in [3.63, 3.8) is 0 Å². The first-order chi connectivity index (χ1) is 8.63. The summed E-state index contributed by atoms with van der Waals surface area (Å²) in [4.78, 5) is 15.5. The summed E-state index contributed by atoms with van der Waals surface area (Å²) in [5.41, 5.74) is 5.70. The van der Waals surface area contributed by atoms with Crippen LogP contribution in [0, 0.1) is 5.92 Å². The van der Waals surface area contributed by atoms with Gasteiger partial charge in [-0.15, -0.1) is 0 Å². The molecular formula is C12H21N3O3. The maximum absolute atomic E-state index is 11.6. The van der Waals surface area contributed by atoms with Crippen molar-refractivity contribution in [3.8, 4) is 0 Å². The number of esters is 1. The summed E-state index contributed by atoms with van der Waals surface area (Å²) in [7, 11) is 0. The number of ether oxygens (including phenoxy) is 2. The first-order valence-electron chi connectivity index (χ1n) is 6.10. The van der Waals surface area contributed by atoms with Gasteiger partial charge in [-0.05, 0) is 5.92 Å². The zero-order valence-electron chi connectivity index (χ0n) is 11.0. The van der Waals surface area contributed by atoms with Crippen LogP contribution in [0.2, 0.25) is 0 Å². The lowest BCUT2D eigenvalue weighted by Crippen LogP contribution is -2.13. The monoisotopic (exact) mass is 255 g/mol. The highest BCUT2D eigenvalue weighted by Crippen LogP contribution is 1.99. The van der Waals surface area contributed by atoms with Crippen molar-refractivity contribution in [3.05, 3.63) is 18.2 Å². The Bertz CT molecular complexity index is 363. The van der Waals surface area contributed by atoms with Crippen molar-refractivity contribution in [2.75, 3.05) is 26.4 Å². The average molecular weight is 255 g/mol. The van der Waals surface area contributed by atoms with E-state index in [-0.39, 0.29) is 6.61 Å². The molecule has 0 saturated heterocycles. The van der Waals surface area contributed by atoms with E-state index >= 15 is 0 Å². The Morgan fingerprint density at radius 2 is 2.28 bits per heavy atom. The van der Waals surface area contributed by atoms with Gasteiger partial charge < -0.3 is 19.8 Å². The molecule has 0 bridgehead atoms. The van der Waals surface area contributed by atoms with Gasteiger partial charge in [-0.25, -0.2) is 9.78 Å². The number of carbonyl (C=O) groups is 1. The molecule has 102 valence electrons. The minimum absolute atomic E-state index is 0.245. The van der Waals surface area contributed by atoms with Crippen LogP contribution in [0.1, 0.15) is 24.3 Å². The summed E-state index contributed by atoms with van der Waals surface area (Å²) >= 11 is 0. The van der Waals surface area contributed by atoms with E-state index in [9.17, 15) is 4.79 Å². The minimum atomic E-state index is -0.432. The van der Waals surface area contributed by atoms with Gasteiger partial charge in [0.25, 0.3) is 0 Å². The van der Waals surface area contributed by atoms with Crippen molar-refractivity contribution < 1.29 is 14.3 Å². The Morgan fingerprint density at radius 1 is 1.50 bits per heavy atom. The van der Waals surface area contributed by atoms with Crippen molar-refractivity contribution in [1.29, 1.82) is 0 Å². The van der Waals surface area contributed by atoms with Crippen LogP contribution in [0.25, 0.3) is 0 Å². The number of carbonyl (C=O) groups excluding carboxylic acids is 1. The van der Waals surface area contributed by atoms with E-state index in [1.807, 2.05) is 0 Å². The standard InChI is InChI=1S/C12H21N3O3/c1-10(2)8-17-5-6-18-12(16)11-7-15(4-3-13)9-14-11/h7,9-10H,3-6,8,13H2,1-2H3. The topological polar surface area (TPSA) is 79.4 Å². The first kappa shape index (κ1) is 14.7. The quantitative estimate of drug-likeness (QED) is 0.545. The smallest absolute Gasteiger partial charge is 0.358 e. The van der Waals surface area contributed by atoms with E-state index in [2.05, 4.69) is 18.8 Å². The van der Waals surface area contributed by atoms with Crippen LogP contribution in [0.5, 0.6) is 0 Å². The zero-order valence-corrected chi connectivity index (χ0v) is 11.0. The molecule has 0 aromatic carbocycles. The van der Waals surface area contributed by atoms with E-state index in [0.29, 0.717) is 37.9 Å². The fourth-order valence-corrected chi connectivity index (χ4v) is 1.32. The molecule has 0 saturated carbocycles. The molecule has 0 unspecified atom stereocenters. The average Bonchev–Trinajstić information content (AvgIpc) is 2.77. The SMILES string of the molecule is CC(C)COCCOC(=O)c1cn(CCN)cn1. The van der Waals surface area contributed by atoms with E-state index in [1.54, 1.807) is 17.1 Å². The zero-order chi connectivity index (χ0) is 13.4. The van der Waals surface area contributed by atoms with Gasteiger partial charge in [0.05, 0.1) is 12.9 Å². The second-order valence-corrected chi connectivity index (χ2v) is 4.39. The van der Waals surface area contributed by atoms with E-state index in [1.165, 1.54) is 0 Å². The molecule has 0 radical (unpaired) electrons. The lowest BCUT2D eigenvalue weighted by molar-refractivity contribution is 0.0272. The van der Waals surface area contributed by atoms with Crippen LogP contribution < -0.4 is 5.73 Å². The van der Waals surface area contributed by atoms with Gasteiger partial charge in [0.1, 0.15) is 6.61 Å². The lowest BCUT2D eigenvalue weighted by atomic mass is 10.2. The third kappa shape index (κ3) is 5.29. The van der Waals surface area contributed by atoms with Crippen LogP contribution in [0.15, 0.2) is 12.5 Å². The van der Waals surface area contributed by atoms with E-state index in [0.717, 1.165) is 0 Å². The lowest BCUT2D eigenvalue weighted by Gasteiger charge is -2.06. The third-order valence-corrected chi connectivity index (χ3v) is 2.14. The highest BCUT2D eigenvalue weighted by Gasteiger charge is 2.10. The summed E-state index contributed by atoms with van der Waals surface area (Å²) in [5.74, 6) is 0.0478. The van der Waals surface area contributed by atoms with E-state index in [4.69, 9.17) is 15.2 Å². The number of nitrogens with zero attached hydrogens (tertiary/aromatic N) is 2. The molecular weight excluding hydrogens is 234 g/mol. The Morgan fingerprint density at radius 3 is 2.94 bits per heavy atom. The van der Waals surface area contributed by atoms with Crippen LogP contribution in [-0.2, 0) is 16.0 Å². The first-order valence-corrected chi connectivity index (χ1v) is 6.10. The number of imidazole rings is 1. The predicted octanol–water partition coefficient (Wildman–Crippen LogP) is 0.671. The summed E-state index contributed by atoms with van der Waals surface area (Å²) in [6.45, 7) is 6.60. The largest absolute Gasteiger partial charge is 0.458 e. The maximum atomic E-state index is 11.6. The Hall–Kier alpha value is -1.40. The van der Waals surface area contributed by atoms with Gasteiger partial charge in [0.2, 0.25) is 0 Å². The van der Waals surface area contributed by atoms with Crippen LogP contribution in [-0.4, -0.2) is 41.9 Å². The second-order valence-electron chi connectivity index (χ2n) is 4.39. The predicted molar refractivity (Wildman–Crippen MR) is 67.2 cm³/mol. The molecule has 1 heterocycles. The summed E-state index contributed by atoms with van der Waals surface area (Å²) in [5, 5.41) is 0. The normalized spacial score (nSPS) is 10.9. The molecule has 0 aliphatic carbocycles. The summed E-state index contributed by atoms with van der Waals surface area (Å²) in [6, 6.07) is 0. The van der Waals surface area contributed by atoms with Crippen molar-refractivity contribution in [2.45, 2.75) is 20.4 Å². The third-order valence-electron chi connectivity index (χ3n) is 2.14. The number of hydrogen-bond donors (Lipinski definition) is 1. The van der Waals surface area contributed by atoms with Gasteiger partial charge in [-0.2, -0.15) is 0 Å². The molecule has 0 fully saturated rings. The molecule has 18 heavy (non-hydrogen) atoms. The maximum Gasteiger partial charge on any atom is 0.358 e. The van der Waals surface area contributed by atoms with E-state index < -0.39 is 5.97 Å². The van der Waals surface area contributed by atoms with Gasteiger partial charge in [-0.3, -0.25) is 0 Å². The molecule has 0 aliphatic heterocycles. The van der Waals surface area contributed by atoms with Crippen LogP contribution in [0.4, 0.5) is 0 Å². The highest BCUT2D eigenvalue weighted by atomic mass is 16.6. The minimum Gasteiger partial charge on any atom is -0.458 e. The number of hydrogen-bond acceptors (Lipinski definition) is 5. The molecule has 2 N–H and O–H groups in total. The Balaban J connectivity index is 2.23. The van der Waals surface area contributed by atoms with Gasteiger partial charge >= 0.3 is 5.97 Å². The number of aromatic nitrogens is 2. The van der Waals surface area contributed by atoms with Crippen molar-refractivity contribution in [2.24, 2.45) is 11.7 Å². The fraction of sp³-hybridized carbons (Fsp3) is 0.667. The van der Waals surface area contributed by atoms with Crippen LogP contribution >= 0.6 is 0 Å². The molecule has 1 aromatic heterocycles. The van der Waals surface area contributed by atoms with Gasteiger partial charge in [0.15, 0.2) is 5.69 Å². The van der Waals surface area contributed by atoms with Gasteiger partial charge in [-0.1, -0.05) is 13.8 Å².